The third kappa shape index (κ3) is 3.66. The van der Waals surface area contributed by atoms with E-state index in [-0.39, 0.29) is 0 Å². The van der Waals surface area contributed by atoms with Crippen molar-refractivity contribution in [3.8, 4) is 0 Å². The Bertz CT molecular complexity index is 394. The zero-order valence-electron chi connectivity index (χ0n) is 11.2. The Morgan fingerprint density at radius 3 is 2.83 bits per heavy atom. The minimum absolute atomic E-state index is 0.645. The SMILES string of the molecule is CSC1CCCCC1NCc1ccc(C)cc1Cl. The van der Waals surface area contributed by atoms with Crippen molar-refractivity contribution in [1.82, 2.24) is 5.32 Å². The third-order valence-electron chi connectivity index (χ3n) is 3.77. The first-order valence-corrected chi connectivity index (χ1v) is 8.38. The van der Waals surface area contributed by atoms with Gasteiger partial charge in [-0.15, -0.1) is 0 Å². The molecule has 3 heteroatoms. The quantitative estimate of drug-likeness (QED) is 0.878. The van der Waals surface area contributed by atoms with E-state index in [1.165, 1.54) is 36.8 Å². The molecule has 2 unspecified atom stereocenters. The largest absolute Gasteiger partial charge is 0.309 e. The summed E-state index contributed by atoms with van der Waals surface area (Å²) in [6.07, 6.45) is 7.62. The highest BCUT2D eigenvalue weighted by atomic mass is 35.5. The van der Waals surface area contributed by atoms with Crippen LogP contribution in [0.2, 0.25) is 5.02 Å². The van der Waals surface area contributed by atoms with Crippen molar-refractivity contribution in [2.45, 2.75) is 50.4 Å². The van der Waals surface area contributed by atoms with Crippen LogP contribution in [0.1, 0.15) is 36.8 Å². The second kappa shape index (κ2) is 6.83. The molecule has 2 atom stereocenters. The van der Waals surface area contributed by atoms with Crippen LogP contribution in [-0.2, 0) is 6.54 Å². The van der Waals surface area contributed by atoms with Gasteiger partial charge in [-0.25, -0.2) is 0 Å². The Hall–Kier alpha value is -0.180. The normalized spacial score (nSPS) is 24.2. The predicted molar refractivity (Wildman–Crippen MR) is 82.6 cm³/mol. The zero-order chi connectivity index (χ0) is 13.0. The second-order valence-corrected chi connectivity index (χ2v) is 6.62. The molecule has 1 aliphatic rings. The molecule has 1 aromatic rings. The summed E-state index contributed by atoms with van der Waals surface area (Å²) in [5, 5.41) is 5.35. The Morgan fingerprint density at radius 2 is 2.11 bits per heavy atom. The van der Waals surface area contributed by atoms with Gasteiger partial charge >= 0.3 is 0 Å². The molecule has 1 fully saturated rings. The summed E-state index contributed by atoms with van der Waals surface area (Å²) in [6.45, 7) is 2.97. The maximum Gasteiger partial charge on any atom is 0.0453 e. The van der Waals surface area contributed by atoms with E-state index in [1.807, 2.05) is 17.8 Å². The van der Waals surface area contributed by atoms with Gasteiger partial charge in [-0.05, 0) is 43.2 Å². The first kappa shape index (κ1) is 14.2. The molecule has 1 nitrogen and oxygen atoms in total. The van der Waals surface area contributed by atoms with Crippen molar-refractivity contribution >= 4 is 23.4 Å². The van der Waals surface area contributed by atoms with Gasteiger partial charge in [0.05, 0.1) is 0 Å². The van der Waals surface area contributed by atoms with Gasteiger partial charge in [0.15, 0.2) is 0 Å². The van der Waals surface area contributed by atoms with E-state index < -0.39 is 0 Å². The summed E-state index contributed by atoms with van der Waals surface area (Å²) in [4.78, 5) is 0. The Morgan fingerprint density at radius 1 is 1.33 bits per heavy atom. The van der Waals surface area contributed by atoms with Gasteiger partial charge in [0.25, 0.3) is 0 Å². The number of aryl methyl sites for hydroxylation is 1. The lowest BCUT2D eigenvalue weighted by Gasteiger charge is -2.31. The van der Waals surface area contributed by atoms with Crippen LogP contribution in [0.3, 0.4) is 0 Å². The number of nitrogens with one attached hydrogen (secondary N) is 1. The van der Waals surface area contributed by atoms with Gasteiger partial charge in [-0.2, -0.15) is 11.8 Å². The molecule has 0 saturated heterocycles. The Balaban J connectivity index is 1.93. The maximum absolute atomic E-state index is 6.27. The van der Waals surface area contributed by atoms with Crippen LogP contribution in [0, 0.1) is 6.92 Å². The molecule has 0 heterocycles. The molecule has 0 radical (unpaired) electrons. The second-order valence-electron chi connectivity index (χ2n) is 5.14. The standard InChI is InChI=1S/C15H22ClNS/c1-11-7-8-12(13(16)9-11)10-17-14-5-3-4-6-15(14)18-2/h7-9,14-15,17H,3-6,10H2,1-2H3. The fraction of sp³-hybridized carbons (Fsp3) is 0.600. The van der Waals surface area contributed by atoms with Crippen molar-refractivity contribution in [3.05, 3.63) is 34.3 Å². The fourth-order valence-corrected chi connectivity index (χ4v) is 3.91. The number of hydrogen-bond donors (Lipinski definition) is 1. The minimum Gasteiger partial charge on any atom is -0.309 e. The Labute approximate surface area is 120 Å². The number of benzene rings is 1. The maximum atomic E-state index is 6.27. The number of rotatable bonds is 4. The van der Waals surface area contributed by atoms with Crippen molar-refractivity contribution in [2.24, 2.45) is 0 Å². The van der Waals surface area contributed by atoms with Crippen LogP contribution in [-0.4, -0.2) is 17.5 Å². The molecule has 1 saturated carbocycles. The monoisotopic (exact) mass is 283 g/mol. The highest BCUT2D eigenvalue weighted by Crippen LogP contribution is 2.27. The minimum atomic E-state index is 0.645. The number of halogens is 1. The molecular weight excluding hydrogens is 262 g/mol. The first-order valence-electron chi connectivity index (χ1n) is 6.72. The molecule has 1 N–H and O–H groups in total. The van der Waals surface area contributed by atoms with E-state index in [0.29, 0.717) is 6.04 Å². The van der Waals surface area contributed by atoms with Crippen molar-refractivity contribution in [2.75, 3.05) is 6.26 Å². The zero-order valence-corrected chi connectivity index (χ0v) is 12.8. The van der Waals surface area contributed by atoms with Crippen LogP contribution < -0.4 is 5.32 Å². The summed E-state index contributed by atoms with van der Waals surface area (Å²) in [5.41, 5.74) is 2.44. The first-order chi connectivity index (χ1) is 8.70. The summed E-state index contributed by atoms with van der Waals surface area (Å²) >= 11 is 8.27. The molecule has 0 spiro atoms. The van der Waals surface area contributed by atoms with Crippen LogP contribution in [0.5, 0.6) is 0 Å². The lowest BCUT2D eigenvalue weighted by molar-refractivity contribution is 0.383. The molecule has 1 aromatic carbocycles. The lowest BCUT2D eigenvalue weighted by Crippen LogP contribution is -2.39. The van der Waals surface area contributed by atoms with Gasteiger partial charge < -0.3 is 5.32 Å². The van der Waals surface area contributed by atoms with Crippen molar-refractivity contribution in [3.63, 3.8) is 0 Å². The molecule has 1 aliphatic carbocycles. The number of hydrogen-bond acceptors (Lipinski definition) is 2. The topological polar surface area (TPSA) is 12.0 Å². The molecule has 18 heavy (non-hydrogen) atoms. The average Bonchev–Trinajstić information content (AvgIpc) is 2.38. The average molecular weight is 284 g/mol. The molecule has 2 rings (SSSR count). The molecule has 0 amide bonds. The lowest BCUT2D eigenvalue weighted by atomic mass is 9.94. The van der Waals surface area contributed by atoms with E-state index in [0.717, 1.165) is 16.8 Å². The smallest absolute Gasteiger partial charge is 0.0453 e. The van der Waals surface area contributed by atoms with E-state index in [4.69, 9.17) is 11.6 Å². The summed E-state index contributed by atoms with van der Waals surface area (Å²) in [6, 6.07) is 6.97. The molecular formula is C15H22ClNS. The molecule has 0 aliphatic heterocycles. The van der Waals surface area contributed by atoms with Crippen molar-refractivity contribution in [1.29, 1.82) is 0 Å². The molecule has 0 aromatic heterocycles. The van der Waals surface area contributed by atoms with Crippen LogP contribution in [0.4, 0.5) is 0 Å². The van der Waals surface area contributed by atoms with E-state index in [1.54, 1.807) is 0 Å². The van der Waals surface area contributed by atoms with E-state index in [2.05, 4.69) is 30.6 Å². The van der Waals surface area contributed by atoms with Gasteiger partial charge in [-0.3, -0.25) is 0 Å². The number of thioether (sulfide) groups is 1. The van der Waals surface area contributed by atoms with Gasteiger partial charge in [0.1, 0.15) is 0 Å². The van der Waals surface area contributed by atoms with Gasteiger partial charge in [0.2, 0.25) is 0 Å². The van der Waals surface area contributed by atoms with Gasteiger partial charge in [0, 0.05) is 22.9 Å². The summed E-state index contributed by atoms with van der Waals surface area (Å²) < 4.78 is 0. The third-order valence-corrected chi connectivity index (χ3v) is 5.29. The highest BCUT2D eigenvalue weighted by molar-refractivity contribution is 7.99. The predicted octanol–water partition coefficient (Wildman–Crippen LogP) is 4.41. The molecule has 100 valence electrons. The highest BCUT2D eigenvalue weighted by Gasteiger charge is 2.23. The fourth-order valence-electron chi connectivity index (χ4n) is 2.65. The Kier molecular flexibility index (Phi) is 5.40. The van der Waals surface area contributed by atoms with Crippen LogP contribution >= 0.6 is 23.4 Å². The van der Waals surface area contributed by atoms with Gasteiger partial charge in [-0.1, -0.05) is 36.6 Å². The van der Waals surface area contributed by atoms with Crippen molar-refractivity contribution < 1.29 is 0 Å². The summed E-state index contributed by atoms with van der Waals surface area (Å²) in [7, 11) is 0. The molecule has 0 bridgehead atoms. The van der Waals surface area contributed by atoms with Crippen LogP contribution in [0.25, 0.3) is 0 Å². The van der Waals surface area contributed by atoms with E-state index in [9.17, 15) is 0 Å². The van der Waals surface area contributed by atoms with Crippen LogP contribution in [0.15, 0.2) is 18.2 Å². The summed E-state index contributed by atoms with van der Waals surface area (Å²) in [5.74, 6) is 0. The van der Waals surface area contributed by atoms with E-state index >= 15 is 0 Å².